The number of piperidine rings is 1. The number of anilines is 1. The summed E-state index contributed by atoms with van der Waals surface area (Å²) in [5.41, 5.74) is 10.6. The number of aromatic nitrogens is 3. The van der Waals surface area contributed by atoms with Gasteiger partial charge in [-0.3, -0.25) is 0 Å². The van der Waals surface area contributed by atoms with E-state index in [0.29, 0.717) is 17.7 Å². The molecule has 0 aliphatic carbocycles. The third kappa shape index (κ3) is 3.98. The largest absolute Gasteiger partial charge is 0.384 e. The summed E-state index contributed by atoms with van der Waals surface area (Å²) >= 11 is 0. The van der Waals surface area contributed by atoms with E-state index in [9.17, 15) is 0 Å². The van der Waals surface area contributed by atoms with Gasteiger partial charge in [0.1, 0.15) is 5.82 Å². The summed E-state index contributed by atoms with van der Waals surface area (Å²) in [5.74, 6) is 1.79. The van der Waals surface area contributed by atoms with Crippen LogP contribution >= 0.6 is 0 Å². The van der Waals surface area contributed by atoms with E-state index in [-0.39, 0.29) is 0 Å². The first-order valence-electron chi connectivity index (χ1n) is 10.0. The van der Waals surface area contributed by atoms with Crippen molar-refractivity contribution in [2.75, 3.05) is 25.4 Å². The number of benzene rings is 1. The predicted octanol–water partition coefficient (Wildman–Crippen LogP) is 3.99. The van der Waals surface area contributed by atoms with Crippen molar-refractivity contribution in [1.29, 1.82) is 0 Å². The molecule has 1 saturated heterocycles. The molecule has 5 heteroatoms. The minimum absolute atomic E-state index is 0.496. The maximum atomic E-state index is 6.19. The summed E-state index contributed by atoms with van der Waals surface area (Å²) < 4.78 is 1.74. The summed E-state index contributed by atoms with van der Waals surface area (Å²) in [6.45, 7) is 7.74. The van der Waals surface area contributed by atoms with Crippen LogP contribution in [0.3, 0.4) is 0 Å². The van der Waals surface area contributed by atoms with Crippen LogP contribution < -0.4 is 5.73 Å². The highest BCUT2D eigenvalue weighted by atomic mass is 15.3. The molecule has 0 unspecified atom stereocenters. The van der Waals surface area contributed by atoms with Crippen molar-refractivity contribution in [2.24, 2.45) is 0 Å². The maximum Gasteiger partial charge on any atom is 0.157 e. The van der Waals surface area contributed by atoms with Crippen molar-refractivity contribution in [3.8, 4) is 0 Å². The highest BCUT2D eigenvalue weighted by molar-refractivity contribution is 5.48. The Bertz CT molecular complexity index is 894. The number of nitrogens with zero attached hydrogens (tertiary/aromatic N) is 4. The molecule has 1 aliphatic heterocycles. The number of likely N-dealkylation sites (tertiary alicyclic amines) is 1. The molecule has 2 N–H and O–H groups in total. The molecular weight excluding hydrogens is 334 g/mol. The normalized spacial score (nSPS) is 17.4. The average molecular weight is 364 g/mol. The molecule has 2 aromatic heterocycles. The maximum absolute atomic E-state index is 6.19. The number of nitrogens with two attached hydrogens (primary N) is 1. The zero-order chi connectivity index (χ0) is 18.8. The first-order valence-corrected chi connectivity index (χ1v) is 10.0. The molecule has 3 aromatic rings. The van der Waals surface area contributed by atoms with Crippen molar-refractivity contribution in [3.63, 3.8) is 0 Å². The second-order valence-corrected chi connectivity index (χ2v) is 7.88. The number of hydrogen-bond acceptors (Lipinski definition) is 4. The Hall–Kier alpha value is -2.40. The van der Waals surface area contributed by atoms with E-state index < -0.39 is 0 Å². The van der Waals surface area contributed by atoms with Gasteiger partial charge in [-0.25, -0.2) is 4.98 Å². The van der Waals surface area contributed by atoms with Crippen LogP contribution in [0, 0.1) is 6.92 Å². The fourth-order valence-electron chi connectivity index (χ4n) is 4.12. The number of rotatable bonds is 5. The van der Waals surface area contributed by atoms with Crippen molar-refractivity contribution >= 4 is 11.5 Å². The fraction of sp³-hybridized carbons (Fsp3) is 0.455. The minimum Gasteiger partial charge on any atom is -0.384 e. The van der Waals surface area contributed by atoms with Crippen molar-refractivity contribution in [2.45, 2.75) is 44.9 Å². The highest BCUT2D eigenvalue weighted by Crippen LogP contribution is 2.29. The monoisotopic (exact) mass is 363 g/mol. The molecule has 0 radical (unpaired) electrons. The molecule has 1 aliphatic rings. The Morgan fingerprint density at radius 2 is 1.89 bits per heavy atom. The van der Waals surface area contributed by atoms with Crippen LogP contribution in [0.25, 0.3) is 5.65 Å². The highest BCUT2D eigenvalue weighted by Gasteiger charge is 2.23. The fourth-order valence-corrected chi connectivity index (χ4v) is 4.12. The van der Waals surface area contributed by atoms with Crippen LogP contribution in [0.2, 0.25) is 0 Å². The quantitative estimate of drug-likeness (QED) is 0.744. The molecule has 5 nitrogen and oxygen atoms in total. The number of nitrogen functional groups attached to an aromatic ring is 1. The van der Waals surface area contributed by atoms with Crippen LogP contribution in [0.15, 0.2) is 42.5 Å². The molecule has 0 saturated carbocycles. The minimum atomic E-state index is 0.496. The van der Waals surface area contributed by atoms with E-state index in [4.69, 9.17) is 10.7 Å². The van der Waals surface area contributed by atoms with Gasteiger partial charge in [-0.15, -0.1) is 0 Å². The van der Waals surface area contributed by atoms with Crippen molar-refractivity contribution < 1.29 is 0 Å². The molecule has 0 bridgehead atoms. The van der Waals surface area contributed by atoms with Crippen LogP contribution in [-0.4, -0.2) is 39.1 Å². The standard InChI is InChI=1S/C22H29N5/c1-16(18-6-4-3-5-7-18)8-11-26-12-9-19(10-13-26)20-15-21(23)27-22(24-20)14-17(2)25-27/h3-7,14-16,19H,8-13,23H2,1-2H3/t16-/m1/s1. The van der Waals surface area contributed by atoms with E-state index >= 15 is 0 Å². The van der Waals surface area contributed by atoms with E-state index in [1.165, 1.54) is 18.5 Å². The zero-order valence-corrected chi connectivity index (χ0v) is 16.3. The van der Waals surface area contributed by atoms with E-state index in [1.54, 1.807) is 4.52 Å². The Labute approximate surface area is 161 Å². The summed E-state index contributed by atoms with van der Waals surface area (Å²) in [6, 6.07) is 14.8. The molecule has 4 rings (SSSR count). The van der Waals surface area contributed by atoms with Gasteiger partial charge in [-0.05, 0) is 57.3 Å². The van der Waals surface area contributed by atoms with Gasteiger partial charge < -0.3 is 10.6 Å². The molecule has 1 aromatic carbocycles. The second kappa shape index (κ2) is 7.69. The molecular formula is C22H29N5. The first-order chi connectivity index (χ1) is 13.1. The lowest BCUT2D eigenvalue weighted by Gasteiger charge is -2.32. The van der Waals surface area contributed by atoms with E-state index in [0.717, 1.165) is 43.0 Å². The molecule has 27 heavy (non-hydrogen) atoms. The Kier molecular flexibility index (Phi) is 5.12. The molecule has 0 amide bonds. The van der Waals surface area contributed by atoms with E-state index in [2.05, 4.69) is 47.3 Å². The van der Waals surface area contributed by atoms with Gasteiger partial charge in [0.05, 0.1) is 5.69 Å². The van der Waals surface area contributed by atoms with Gasteiger partial charge in [0.15, 0.2) is 5.65 Å². The molecule has 1 atom stereocenters. The third-order valence-electron chi connectivity index (χ3n) is 5.85. The summed E-state index contributed by atoms with van der Waals surface area (Å²) in [5, 5.41) is 4.40. The lowest BCUT2D eigenvalue weighted by molar-refractivity contribution is 0.205. The van der Waals surface area contributed by atoms with Crippen LogP contribution in [-0.2, 0) is 0 Å². The van der Waals surface area contributed by atoms with Crippen molar-refractivity contribution in [1.82, 2.24) is 19.5 Å². The Morgan fingerprint density at radius 1 is 1.15 bits per heavy atom. The lowest BCUT2D eigenvalue weighted by atomic mass is 9.92. The first kappa shape index (κ1) is 18.0. The van der Waals surface area contributed by atoms with Crippen LogP contribution in [0.1, 0.15) is 55.0 Å². The topological polar surface area (TPSA) is 59.5 Å². The number of aryl methyl sites for hydroxylation is 1. The SMILES string of the molecule is Cc1cc2nc(C3CCN(CC[C@@H](C)c4ccccc4)CC3)cc(N)n2n1. The van der Waals surface area contributed by atoms with Gasteiger partial charge in [-0.2, -0.15) is 9.61 Å². The Balaban J connectivity index is 1.34. The number of hydrogen-bond donors (Lipinski definition) is 1. The predicted molar refractivity (Wildman–Crippen MR) is 110 cm³/mol. The van der Waals surface area contributed by atoms with Gasteiger partial charge >= 0.3 is 0 Å². The smallest absolute Gasteiger partial charge is 0.157 e. The van der Waals surface area contributed by atoms with Gasteiger partial charge in [0.25, 0.3) is 0 Å². The lowest BCUT2D eigenvalue weighted by Crippen LogP contribution is -2.34. The molecule has 142 valence electrons. The third-order valence-corrected chi connectivity index (χ3v) is 5.85. The summed E-state index contributed by atoms with van der Waals surface area (Å²) in [7, 11) is 0. The van der Waals surface area contributed by atoms with Crippen LogP contribution in [0.4, 0.5) is 5.82 Å². The zero-order valence-electron chi connectivity index (χ0n) is 16.3. The van der Waals surface area contributed by atoms with Gasteiger partial charge in [0, 0.05) is 23.7 Å². The Morgan fingerprint density at radius 3 is 2.63 bits per heavy atom. The summed E-state index contributed by atoms with van der Waals surface area (Å²) in [4.78, 5) is 7.42. The summed E-state index contributed by atoms with van der Waals surface area (Å²) in [6.07, 6.45) is 3.51. The van der Waals surface area contributed by atoms with E-state index in [1.807, 2.05) is 19.1 Å². The van der Waals surface area contributed by atoms with Crippen molar-refractivity contribution in [3.05, 3.63) is 59.4 Å². The average Bonchev–Trinajstić information content (AvgIpc) is 3.08. The van der Waals surface area contributed by atoms with Crippen LogP contribution in [0.5, 0.6) is 0 Å². The molecule has 3 heterocycles. The second-order valence-electron chi connectivity index (χ2n) is 7.88. The molecule has 1 fully saturated rings. The van der Waals surface area contributed by atoms with Gasteiger partial charge in [0.2, 0.25) is 0 Å². The number of fused-ring (bicyclic) bond motifs is 1. The molecule has 0 spiro atoms. The van der Waals surface area contributed by atoms with Gasteiger partial charge in [-0.1, -0.05) is 37.3 Å².